The Hall–Kier alpha value is -3.38. The lowest BCUT2D eigenvalue weighted by Crippen LogP contribution is -2.46. The van der Waals surface area contributed by atoms with E-state index in [0.29, 0.717) is 29.5 Å². The van der Waals surface area contributed by atoms with Gasteiger partial charge in [0.25, 0.3) is 5.91 Å². The van der Waals surface area contributed by atoms with Crippen molar-refractivity contribution in [1.29, 1.82) is 0 Å². The highest BCUT2D eigenvalue weighted by Crippen LogP contribution is 2.34. The minimum absolute atomic E-state index is 0.0944. The van der Waals surface area contributed by atoms with E-state index in [1.54, 1.807) is 35.5 Å². The number of rotatable bonds is 7. The van der Waals surface area contributed by atoms with Crippen LogP contribution in [0, 0.1) is 0 Å². The summed E-state index contributed by atoms with van der Waals surface area (Å²) in [5, 5.41) is 0.475. The van der Waals surface area contributed by atoms with E-state index in [1.807, 2.05) is 24.3 Å². The van der Waals surface area contributed by atoms with E-state index in [0.717, 1.165) is 17.5 Å². The Labute approximate surface area is 192 Å². The molecule has 2 amide bonds. The summed E-state index contributed by atoms with van der Waals surface area (Å²) in [6, 6.07) is 17.1. The van der Waals surface area contributed by atoms with Crippen LogP contribution in [0.25, 0.3) is 0 Å². The Morgan fingerprint density at radius 3 is 2.56 bits per heavy atom. The van der Waals surface area contributed by atoms with Gasteiger partial charge in [-0.05, 0) is 47.4 Å². The Balaban J connectivity index is 1.58. The van der Waals surface area contributed by atoms with Gasteiger partial charge in [0.15, 0.2) is 6.61 Å². The molecule has 0 atom stereocenters. The number of fused-ring (bicyclic) bond motifs is 1. The number of carbonyl (C=O) groups excluding carboxylic acids is 2. The van der Waals surface area contributed by atoms with Gasteiger partial charge in [-0.3, -0.25) is 19.5 Å². The van der Waals surface area contributed by atoms with Crippen LogP contribution in [0.3, 0.4) is 0 Å². The highest BCUT2D eigenvalue weighted by molar-refractivity contribution is 6.31. The number of aromatic nitrogens is 1. The van der Waals surface area contributed by atoms with Crippen LogP contribution in [0.2, 0.25) is 5.02 Å². The molecule has 0 spiro atoms. The monoisotopic (exact) mass is 449 g/mol. The first-order chi connectivity index (χ1) is 15.5. The molecule has 0 aliphatic carbocycles. The third-order valence-corrected chi connectivity index (χ3v) is 5.65. The Kier molecular flexibility index (Phi) is 6.71. The molecule has 2 aromatic carbocycles. The standard InChI is InChI=1S/C25H24ClN3O3/c1-2-18-5-7-19(8-6-18)14-28(15-20-4-3-11-27-13-20)24(30)16-29-22-12-21(26)9-10-23(22)32-17-25(29)31/h3-13H,2,14-17H2,1H3. The van der Waals surface area contributed by atoms with Gasteiger partial charge in [0.1, 0.15) is 12.3 Å². The van der Waals surface area contributed by atoms with Crippen molar-refractivity contribution in [3.8, 4) is 5.75 Å². The molecule has 2 heterocycles. The van der Waals surface area contributed by atoms with E-state index in [4.69, 9.17) is 16.3 Å². The Bertz CT molecular complexity index is 1100. The third-order valence-electron chi connectivity index (χ3n) is 5.41. The Morgan fingerprint density at radius 1 is 1.09 bits per heavy atom. The van der Waals surface area contributed by atoms with Crippen LogP contribution in [0.15, 0.2) is 67.0 Å². The van der Waals surface area contributed by atoms with Crippen LogP contribution in [0.5, 0.6) is 5.75 Å². The predicted octanol–water partition coefficient (Wildman–Crippen LogP) is 4.25. The van der Waals surface area contributed by atoms with E-state index < -0.39 is 0 Å². The molecule has 7 heteroatoms. The molecule has 32 heavy (non-hydrogen) atoms. The molecule has 1 aliphatic rings. The number of pyridine rings is 1. The van der Waals surface area contributed by atoms with Gasteiger partial charge in [-0.25, -0.2) is 0 Å². The zero-order valence-electron chi connectivity index (χ0n) is 17.8. The number of hydrogen-bond acceptors (Lipinski definition) is 4. The molecule has 1 aromatic heterocycles. The van der Waals surface area contributed by atoms with Crippen LogP contribution in [0.4, 0.5) is 5.69 Å². The molecule has 3 aromatic rings. The molecule has 0 saturated heterocycles. The first-order valence-corrected chi connectivity index (χ1v) is 10.9. The summed E-state index contributed by atoms with van der Waals surface area (Å²) in [6.45, 7) is 2.73. The predicted molar refractivity (Wildman–Crippen MR) is 124 cm³/mol. The SMILES string of the molecule is CCc1ccc(CN(Cc2cccnc2)C(=O)CN2C(=O)COc3ccc(Cl)cc32)cc1. The quantitative estimate of drug-likeness (QED) is 0.541. The molecule has 1 aliphatic heterocycles. The molecule has 164 valence electrons. The van der Waals surface area contributed by atoms with Crippen molar-refractivity contribution in [3.05, 3.63) is 88.7 Å². The summed E-state index contributed by atoms with van der Waals surface area (Å²) in [5.41, 5.74) is 3.70. The van der Waals surface area contributed by atoms with Crippen LogP contribution < -0.4 is 9.64 Å². The lowest BCUT2D eigenvalue weighted by molar-refractivity contribution is -0.133. The van der Waals surface area contributed by atoms with Crippen LogP contribution in [-0.4, -0.2) is 34.8 Å². The lowest BCUT2D eigenvalue weighted by Gasteiger charge is -2.31. The van der Waals surface area contributed by atoms with Crippen LogP contribution >= 0.6 is 11.6 Å². The molecule has 4 rings (SSSR count). The second kappa shape index (κ2) is 9.83. The van der Waals surface area contributed by atoms with E-state index in [2.05, 4.69) is 24.0 Å². The smallest absolute Gasteiger partial charge is 0.265 e. The fourth-order valence-corrected chi connectivity index (χ4v) is 3.80. The van der Waals surface area contributed by atoms with Crippen molar-refractivity contribution < 1.29 is 14.3 Å². The van der Waals surface area contributed by atoms with Crippen LogP contribution in [-0.2, 0) is 29.1 Å². The number of anilines is 1. The number of halogens is 1. The highest BCUT2D eigenvalue weighted by Gasteiger charge is 2.29. The average Bonchev–Trinajstić information content (AvgIpc) is 2.81. The molecule has 0 fully saturated rings. The first-order valence-electron chi connectivity index (χ1n) is 10.5. The topological polar surface area (TPSA) is 62.7 Å². The molecule has 0 saturated carbocycles. The number of benzene rings is 2. The van der Waals surface area contributed by atoms with Crippen molar-refractivity contribution in [1.82, 2.24) is 9.88 Å². The summed E-state index contributed by atoms with van der Waals surface area (Å²) in [5.74, 6) is 0.0899. The van der Waals surface area contributed by atoms with Crippen molar-refractivity contribution in [2.75, 3.05) is 18.1 Å². The van der Waals surface area contributed by atoms with Crippen molar-refractivity contribution in [2.24, 2.45) is 0 Å². The van der Waals surface area contributed by atoms with Crippen LogP contribution in [0.1, 0.15) is 23.6 Å². The van der Waals surface area contributed by atoms with Gasteiger partial charge in [-0.2, -0.15) is 0 Å². The number of hydrogen-bond donors (Lipinski definition) is 0. The van der Waals surface area contributed by atoms with E-state index in [9.17, 15) is 9.59 Å². The maximum atomic E-state index is 13.4. The highest BCUT2D eigenvalue weighted by atomic mass is 35.5. The molecule has 0 N–H and O–H groups in total. The molecule has 0 bridgehead atoms. The van der Waals surface area contributed by atoms with Gasteiger partial charge in [0.2, 0.25) is 5.91 Å². The average molecular weight is 450 g/mol. The maximum absolute atomic E-state index is 13.4. The largest absolute Gasteiger partial charge is 0.482 e. The number of ether oxygens (including phenoxy) is 1. The van der Waals surface area contributed by atoms with Gasteiger partial charge < -0.3 is 9.64 Å². The van der Waals surface area contributed by atoms with Gasteiger partial charge in [-0.1, -0.05) is 48.9 Å². The molecule has 0 radical (unpaired) electrons. The minimum atomic E-state index is -0.276. The van der Waals surface area contributed by atoms with E-state index >= 15 is 0 Å². The number of nitrogens with zero attached hydrogens (tertiary/aromatic N) is 3. The van der Waals surface area contributed by atoms with E-state index in [1.165, 1.54) is 10.5 Å². The lowest BCUT2D eigenvalue weighted by atomic mass is 10.1. The number of carbonyl (C=O) groups is 2. The van der Waals surface area contributed by atoms with Crippen molar-refractivity contribution >= 4 is 29.1 Å². The zero-order chi connectivity index (χ0) is 22.5. The summed E-state index contributed by atoms with van der Waals surface area (Å²) in [4.78, 5) is 33.4. The maximum Gasteiger partial charge on any atom is 0.265 e. The third kappa shape index (κ3) is 5.08. The number of aryl methyl sites for hydroxylation is 1. The fraction of sp³-hybridized carbons (Fsp3) is 0.240. The molecule has 6 nitrogen and oxygen atoms in total. The Morgan fingerprint density at radius 2 is 1.84 bits per heavy atom. The molecular weight excluding hydrogens is 426 g/mol. The van der Waals surface area contributed by atoms with Gasteiger partial charge in [0, 0.05) is 30.5 Å². The van der Waals surface area contributed by atoms with Crippen molar-refractivity contribution in [3.63, 3.8) is 0 Å². The second-order valence-corrected chi connectivity index (χ2v) is 8.10. The summed E-state index contributed by atoms with van der Waals surface area (Å²) >= 11 is 6.13. The summed E-state index contributed by atoms with van der Waals surface area (Å²) < 4.78 is 5.49. The zero-order valence-corrected chi connectivity index (χ0v) is 18.6. The van der Waals surface area contributed by atoms with E-state index in [-0.39, 0.29) is 25.0 Å². The molecule has 0 unspecified atom stereocenters. The van der Waals surface area contributed by atoms with Gasteiger partial charge in [0.05, 0.1) is 5.69 Å². The van der Waals surface area contributed by atoms with Gasteiger partial charge >= 0.3 is 0 Å². The second-order valence-electron chi connectivity index (χ2n) is 7.66. The minimum Gasteiger partial charge on any atom is -0.482 e. The first kappa shape index (κ1) is 21.8. The summed E-state index contributed by atoms with van der Waals surface area (Å²) in [6.07, 6.45) is 4.40. The normalized spacial score (nSPS) is 12.8. The fourth-order valence-electron chi connectivity index (χ4n) is 3.63. The molecular formula is C25H24ClN3O3. The number of amides is 2. The summed E-state index contributed by atoms with van der Waals surface area (Å²) in [7, 11) is 0. The van der Waals surface area contributed by atoms with Crippen molar-refractivity contribution in [2.45, 2.75) is 26.4 Å². The van der Waals surface area contributed by atoms with Gasteiger partial charge in [-0.15, -0.1) is 0 Å².